The Kier molecular flexibility index (Phi) is 7.76. The number of pyridine rings is 1. The van der Waals surface area contributed by atoms with Crippen molar-refractivity contribution in [2.45, 2.75) is 45.6 Å². The van der Waals surface area contributed by atoms with Gasteiger partial charge in [0, 0.05) is 24.7 Å². The first-order chi connectivity index (χ1) is 13.3. The molecule has 1 heterocycles. The number of ether oxygens (including phenoxy) is 2. The lowest BCUT2D eigenvalue weighted by molar-refractivity contribution is -0.153. The average molecular weight is 387 g/mol. The van der Waals surface area contributed by atoms with E-state index >= 15 is 0 Å². The van der Waals surface area contributed by atoms with E-state index in [1.807, 2.05) is 24.3 Å². The highest BCUT2D eigenvalue weighted by Gasteiger charge is 2.20. The maximum Gasteiger partial charge on any atom is 0.407 e. The van der Waals surface area contributed by atoms with Crippen LogP contribution in [0, 0.1) is 0 Å². The highest BCUT2D eigenvalue weighted by molar-refractivity contribution is 5.72. The number of nitrogens with zero attached hydrogens (tertiary/aromatic N) is 1. The van der Waals surface area contributed by atoms with Gasteiger partial charge in [-0.3, -0.25) is 0 Å². The fourth-order valence-corrected chi connectivity index (χ4v) is 2.50. The third kappa shape index (κ3) is 7.24. The van der Waals surface area contributed by atoms with Crippen molar-refractivity contribution in [3.63, 3.8) is 0 Å². The predicted octanol–water partition coefficient (Wildman–Crippen LogP) is 2.51. The normalized spacial score (nSPS) is 11.8. The van der Waals surface area contributed by atoms with E-state index < -0.39 is 18.2 Å². The smallest absolute Gasteiger partial charge is 0.407 e. The molecule has 1 atom stereocenters. The lowest BCUT2D eigenvalue weighted by Crippen LogP contribution is -2.29. The van der Waals surface area contributed by atoms with Crippen LogP contribution < -0.4 is 11.1 Å². The lowest BCUT2D eigenvalue weighted by atomic mass is 10.0. The molecule has 1 aromatic carbocycles. The van der Waals surface area contributed by atoms with Crippen LogP contribution >= 0.6 is 0 Å². The number of aromatic nitrogens is 1. The summed E-state index contributed by atoms with van der Waals surface area (Å²) in [6.07, 6.45) is 0.132. The molecule has 0 aliphatic carbocycles. The highest BCUT2D eigenvalue weighted by atomic mass is 16.5. The van der Waals surface area contributed by atoms with E-state index in [4.69, 9.17) is 15.2 Å². The molecule has 150 valence electrons. The van der Waals surface area contributed by atoms with Crippen LogP contribution in [0.3, 0.4) is 0 Å². The Labute approximate surface area is 163 Å². The van der Waals surface area contributed by atoms with Gasteiger partial charge in [-0.05, 0) is 31.0 Å². The van der Waals surface area contributed by atoms with Crippen molar-refractivity contribution in [1.29, 1.82) is 0 Å². The number of anilines is 1. The molecular weight excluding hydrogens is 362 g/mol. The molecule has 1 amide bonds. The first-order valence-electron chi connectivity index (χ1n) is 8.90. The van der Waals surface area contributed by atoms with Gasteiger partial charge in [0.2, 0.25) is 0 Å². The minimum Gasteiger partial charge on any atom is -0.479 e. The molecule has 0 radical (unpaired) electrons. The molecular formula is C20H25N3O5. The molecule has 0 aliphatic rings. The molecule has 0 aliphatic heterocycles. The summed E-state index contributed by atoms with van der Waals surface area (Å²) in [5, 5.41) is 11.9. The topological polar surface area (TPSA) is 124 Å². The Morgan fingerprint density at radius 1 is 1.18 bits per heavy atom. The second-order valence-electron chi connectivity index (χ2n) is 6.56. The molecule has 4 N–H and O–H groups in total. The zero-order chi connectivity index (χ0) is 20.5. The van der Waals surface area contributed by atoms with Gasteiger partial charge in [0.25, 0.3) is 0 Å². The van der Waals surface area contributed by atoms with Crippen LogP contribution in [-0.2, 0) is 33.8 Å². The number of hydrogen-bond donors (Lipinski definition) is 3. The first-order valence-corrected chi connectivity index (χ1v) is 8.90. The van der Waals surface area contributed by atoms with Gasteiger partial charge < -0.3 is 25.6 Å². The summed E-state index contributed by atoms with van der Waals surface area (Å²) in [5.74, 6) is -0.602. The van der Waals surface area contributed by atoms with Gasteiger partial charge in [0.05, 0.1) is 6.10 Å². The lowest BCUT2D eigenvalue weighted by Gasteiger charge is -2.17. The van der Waals surface area contributed by atoms with E-state index in [2.05, 4.69) is 10.3 Å². The Hall–Kier alpha value is -3.13. The fraction of sp³-hybridized carbons (Fsp3) is 0.350. The van der Waals surface area contributed by atoms with E-state index in [-0.39, 0.29) is 25.7 Å². The van der Waals surface area contributed by atoms with Crippen molar-refractivity contribution >= 4 is 17.9 Å². The molecule has 0 spiro atoms. The number of nitrogens with one attached hydrogen (secondary N) is 1. The third-order valence-corrected chi connectivity index (χ3v) is 3.78. The van der Waals surface area contributed by atoms with Crippen molar-refractivity contribution in [2.75, 3.05) is 5.73 Å². The fourth-order valence-electron chi connectivity index (χ4n) is 2.50. The molecule has 0 saturated carbocycles. The van der Waals surface area contributed by atoms with Crippen molar-refractivity contribution < 1.29 is 24.2 Å². The van der Waals surface area contributed by atoms with Crippen LogP contribution in [0.1, 0.15) is 30.5 Å². The maximum atomic E-state index is 11.9. The summed E-state index contributed by atoms with van der Waals surface area (Å²) in [6.45, 7) is 3.94. The van der Waals surface area contributed by atoms with E-state index in [0.29, 0.717) is 5.82 Å². The van der Waals surface area contributed by atoms with Crippen molar-refractivity contribution in [2.24, 2.45) is 0 Å². The number of carboxylic acid groups (broad SMARTS) is 1. The zero-order valence-electron chi connectivity index (χ0n) is 15.9. The number of alkyl carbamates (subject to hydrolysis) is 1. The van der Waals surface area contributed by atoms with Crippen LogP contribution in [0.4, 0.5) is 10.6 Å². The van der Waals surface area contributed by atoms with Gasteiger partial charge in [-0.15, -0.1) is 0 Å². The van der Waals surface area contributed by atoms with Crippen molar-refractivity contribution in [3.05, 3.63) is 59.3 Å². The number of aliphatic carboxylic acids is 1. The number of nitrogens with two attached hydrogens (primary N) is 1. The Bertz CT molecular complexity index is 793. The third-order valence-electron chi connectivity index (χ3n) is 3.78. The van der Waals surface area contributed by atoms with Gasteiger partial charge in [0.15, 0.2) is 6.10 Å². The summed E-state index contributed by atoms with van der Waals surface area (Å²) in [6, 6.07) is 10.7. The van der Waals surface area contributed by atoms with Crippen molar-refractivity contribution in [3.8, 4) is 0 Å². The molecule has 8 nitrogen and oxygen atoms in total. The minimum atomic E-state index is -1.00. The molecule has 1 unspecified atom stereocenters. The monoisotopic (exact) mass is 387 g/mol. The number of benzene rings is 1. The Balaban J connectivity index is 1.85. The van der Waals surface area contributed by atoms with Crippen LogP contribution in [0.5, 0.6) is 0 Å². The zero-order valence-corrected chi connectivity index (χ0v) is 15.9. The minimum absolute atomic E-state index is 0.0893. The van der Waals surface area contributed by atoms with Crippen LogP contribution in [0.2, 0.25) is 0 Å². The first kappa shape index (κ1) is 21.2. The number of amides is 1. The number of rotatable bonds is 9. The van der Waals surface area contributed by atoms with Gasteiger partial charge in [0.1, 0.15) is 12.4 Å². The van der Waals surface area contributed by atoms with E-state index in [1.54, 1.807) is 32.2 Å². The molecule has 2 rings (SSSR count). The quantitative estimate of drug-likeness (QED) is 0.604. The molecule has 0 saturated heterocycles. The van der Waals surface area contributed by atoms with Gasteiger partial charge in [-0.1, -0.05) is 30.3 Å². The van der Waals surface area contributed by atoms with Gasteiger partial charge >= 0.3 is 12.1 Å². The summed E-state index contributed by atoms with van der Waals surface area (Å²) in [5.41, 5.74) is 7.88. The number of carbonyl (C=O) groups excluding carboxylic acids is 1. The number of carbonyl (C=O) groups is 2. The van der Waals surface area contributed by atoms with Crippen LogP contribution in [0.15, 0.2) is 42.6 Å². The number of hydrogen-bond acceptors (Lipinski definition) is 6. The molecule has 0 bridgehead atoms. The largest absolute Gasteiger partial charge is 0.479 e. The van der Waals surface area contributed by atoms with Crippen molar-refractivity contribution in [1.82, 2.24) is 10.3 Å². The summed E-state index contributed by atoms with van der Waals surface area (Å²) in [7, 11) is 0. The molecule has 28 heavy (non-hydrogen) atoms. The molecule has 0 fully saturated rings. The standard InChI is InChI=1S/C20H25N3O5/c1-13(2)28-17(19(24)25)9-14-4-3-5-15(8-14)10-23-20(26)27-12-16-6-7-18(21)22-11-16/h3-8,11,13,17H,9-10,12H2,1-2H3,(H2,21,22)(H,23,26)(H,24,25). The second kappa shape index (κ2) is 10.3. The number of carboxylic acids is 1. The summed E-state index contributed by atoms with van der Waals surface area (Å²) in [4.78, 5) is 27.1. The van der Waals surface area contributed by atoms with Crippen LogP contribution in [0.25, 0.3) is 0 Å². The second-order valence-corrected chi connectivity index (χ2v) is 6.56. The van der Waals surface area contributed by atoms with E-state index in [9.17, 15) is 14.7 Å². The van der Waals surface area contributed by atoms with E-state index in [1.165, 1.54) is 0 Å². The summed E-state index contributed by atoms with van der Waals surface area (Å²) < 4.78 is 10.6. The molecule has 1 aromatic heterocycles. The summed E-state index contributed by atoms with van der Waals surface area (Å²) >= 11 is 0. The van der Waals surface area contributed by atoms with Gasteiger partial charge in [-0.2, -0.15) is 0 Å². The Morgan fingerprint density at radius 3 is 2.57 bits per heavy atom. The SMILES string of the molecule is CC(C)OC(Cc1cccc(CNC(=O)OCc2ccc(N)nc2)c1)C(=O)O. The number of nitrogen functional groups attached to an aromatic ring is 1. The average Bonchev–Trinajstić information content (AvgIpc) is 2.65. The Morgan fingerprint density at radius 2 is 1.93 bits per heavy atom. The van der Waals surface area contributed by atoms with E-state index in [0.717, 1.165) is 16.7 Å². The van der Waals surface area contributed by atoms with Crippen LogP contribution in [-0.4, -0.2) is 34.4 Å². The van der Waals surface area contributed by atoms with Gasteiger partial charge in [-0.25, -0.2) is 14.6 Å². The molecule has 8 heteroatoms. The predicted molar refractivity (Wildman–Crippen MR) is 103 cm³/mol. The highest BCUT2D eigenvalue weighted by Crippen LogP contribution is 2.12. The maximum absolute atomic E-state index is 11.9. The molecule has 2 aromatic rings.